The monoisotopic (exact) mass is 321 g/mol. The second kappa shape index (κ2) is 5.37. The van der Waals surface area contributed by atoms with Gasteiger partial charge in [0, 0.05) is 18.3 Å². The van der Waals surface area contributed by atoms with E-state index in [4.69, 9.17) is 11.6 Å². The third kappa shape index (κ3) is 2.10. The summed E-state index contributed by atoms with van der Waals surface area (Å²) in [5.41, 5.74) is 0.131. The molecule has 1 aromatic rings. The Morgan fingerprint density at radius 1 is 1.18 bits per heavy atom. The molecule has 0 saturated carbocycles. The maximum absolute atomic E-state index is 12.6. The highest BCUT2D eigenvalue weighted by Gasteiger charge is 2.56. The van der Waals surface area contributed by atoms with Crippen molar-refractivity contribution >= 4 is 34.5 Å². The lowest BCUT2D eigenvalue weighted by Crippen LogP contribution is -2.56. The van der Waals surface area contributed by atoms with Gasteiger partial charge in [0.1, 0.15) is 5.54 Å². The van der Waals surface area contributed by atoms with E-state index in [2.05, 4.69) is 5.32 Å². The molecule has 0 bridgehead atoms. The zero-order valence-corrected chi connectivity index (χ0v) is 12.9. The number of hydrogen-bond donors (Lipinski definition) is 1. The number of rotatable bonds is 2. The quantitative estimate of drug-likeness (QED) is 0.663. The number of likely N-dealkylation sites (N-methyl/N-ethyl adjacent to an activating group) is 1. The summed E-state index contributed by atoms with van der Waals surface area (Å²) >= 11 is 5.44. The first-order valence-corrected chi connectivity index (χ1v) is 7.48. The summed E-state index contributed by atoms with van der Waals surface area (Å²) in [7, 11) is 1.51. The highest BCUT2D eigenvalue weighted by molar-refractivity contribution is 6.67. The van der Waals surface area contributed by atoms with E-state index in [0.717, 1.165) is 0 Å². The van der Waals surface area contributed by atoms with Gasteiger partial charge in [-0.2, -0.15) is 0 Å². The number of anilines is 1. The van der Waals surface area contributed by atoms with Crippen molar-refractivity contribution in [1.29, 1.82) is 0 Å². The predicted molar refractivity (Wildman–Crippen MR) is 82.1 cm³/mol. The van der Waals surface area contributed by atoms with Crippen molar-refractivity contribution in [2.45, 2.75) is 18.4 Å². The molecular weight excluding hydrogens is 306 g/mol. The van der Waals surface area contributed by atoms with E-state index in [1.54, 1.807) is 29.2 Å². The minimum atomic E-state index is -0.830. The Kier molecular flexibility index (Phi) is 3.66. The SMILES string of the molecule is CN1C(=O)N(c2ccc(C(=O)Cl)cc2)C2(CCNCC2)C1=O. The van der Waals surface area contributed by atoms with Crippen molar-refractivity contribution < 1.29 is 14.4 Å². The minimum absolute atomic E-state index is 0.170. The van der Waals surface area contributed by atoms with E-state index in [1.165, 1.54) is 11.9 Å². The maximum Gasteiger partial charge on any atom is 0.331 e. The highest BCUT2D eigenvalue weighted by Crippen LogP contribution is 2.38. The summed E-state index contributed by atoms with van der Waals surface area (Å²) in [6.45, 7) is 1.36. The number of nitrogens with one attached hydrogen (secondary N) is 1. The molecular formula is C15H16ClN3O3. The number of hydrogen-bond acceptors (Lipinski definition) is 4. The zero-order chi connectivity index (χ0) is 15.9. The van der Waals surface area contributed by atoms with Gasteiger partial charge >= 0.3 is 6.03 Å². The van der Waals surface area contributed by atoms with Crippen LogP contribution in [0, 0.1) is 0 Å². The Morgan fingerprint density at radius 3 is 2.32 bits per heavy atom. The smallest absolute Gasteiger partial charge is 0.317 e. The lowest BCUT2D eigenvalue weighted by atomic mass is 9.86. The molecule has 6 nitrogen and oxygen atoms in total. The lowest BCUT2D eigenvalue weighted by Gasteiger charge is -2.38. The van der Waals surface area contributed by atoms with Crippen LogP contribution in [0.15, 0.2) is 24.3 Å². The van der Waals surface area contributed by atoms with E-state index in [-0.39, 0.29) is 11.9 Å². The first kappa shape index (κ1) is 15.0. The zero-order valence-electron chi connectivity index (χ0n) is 12.1. The summed E-state index contributed by atoms with van der Waals surface area (Å²) in [6.07, 6.45) is 1.14. The standard InChI is InChI=1S/C15H16ClN3O3/c1-18-13(21)15(6-8-17-9-7-15)19(14(18)22)11-4-2-10(3-5-11)12(16)20/h2-5,17H,6-9H2,1H3. The van der Waals surface area contributed by atoms with E-state index < -0.39 is 10.8 Å². The van der Waals surface area contributed by atoms with Gasteiger partial charge in [-0.25, -0.2) is 4.79 Å². The molecule has 2 saturated heterocycles. The molecule has 0 aromatic heterocycles. The molecule has 2 fully saturated rings. The normalized spacial score (nSPS) is 20.8. The van der Waals surface area contributed by atoms with Crippen LogP contribution in [0.2, 0.25) is 0 Å². The second-order valence-electron chi connectivity index (χ2n) is 5.58. The molecule has 1 N–H and O–H groups in total. The van der Waals surface area contributed by atoms with Gasteiger partial charge in [-0.15, -0.1) is 0 Å². The molecule has 3 amide bonds. The largest absolute Gasteiger partial charge is 0.331 e. The molecule has 3 rings (SSSR count). The summed E-state index contributed by atoms with van der Waals surface area (Å²) in [4.78, 5) is 39.0. The highest BCUT2D eigenvalue weighted by atomic mass is 35.5. The summed E-state index contributed by atoms with van der Waals surface area (Å²) < 4.78 is 0. The number of carbonyl (C=O) groups is 3. The van der Waals surface area contributed by atoms with Crippen molar-refractivity contribution in [2.24, 2.45) is 0 Å². The number of piperidine rings is 1. The van der Waals surface area contributed by atoms with Gasteiger partial charge in [-0.05, 0) is 61.8 Å². The van der Waals surface area contributed by atoms with Gasteiger partial charge in [0.25, 0.3) is 11.1 Å². The van der Waals surface area contributed by atoms with Crippen LogP contribution < -0.4 is 10.2 Å². The Labute approximate surface area is 133 Å². The average molecular weight is 322 g/mol. The van der Waals surface area contributed by atoms with Crippen molar-refractivity contribution in [3.8, 4) is 0 Å². The fourth-order valence-corrected chi connectivity index (χ4v) is 3.33. The van der Waals surface area contributed by atoms with Crippen LogP contribution in [0.1, 0.15) is 23.2 Å². The number of carbonyl (C=O) groups excluding carboxylic acids is 3. The van der Waals surface area contributed by atoms with Gasteiger partial charge in [-0.1, -0.05) is 0 Å². The Balaban J connectivity index is 2.03. The lowest BCUT2D eigenvalue weighted by molar-refractivity contribution is -0.130. The summed E-state index contributed by atoms with van der Waals surface area (Å²) in [6, 6.07) is 6.11. The minimum Gasteiger partial charge on any atom is -0.317 e. The second-order valence-corrected chi connectivity index (χ2v) is 5.93. The van der Waals surface area contributed by atoms with Crippen LogP contribution in [0.5, 0.6) is 0 Å². The number of halogens is 1. The summed E-state index contributed by atoms with van der Waals surface area (Å²) in [5, 5.41) is 2.66. The van der Waals surface area contributed by atoms with Crippen LogP contribution in [-0.2, 0) is 4.79 Å². The summed E-state index contributed by atoms with van der Waals surface area (Å²) in [5.74, 6) is -0.170. The first-order chi connectivity index (χ1) is 10.5. The Morgan fingerprint density at radius 2 is 1.77 bits per heavy atom. The van der Waals surface area contributed by atoms with Crippen molar-refractivity contribution in [3.63, 3.8) is 0 Å². The van der Waals surface area contributed by atoms with Crippen molar-refractivity contribution in [2.75, 3.05) is 25.0 Å². The maximum atomic E-state index is 12.6. The van der Waals surface area contributed by atoms with E-state index >= 15 is 0 Å². The van der Waals surface area contributed by atoms with Gasteiger partial charge in [0.05, 0.1) is 0 Å². The molecule has 0 unspecified atom stereocenters. The molecule has 116 valence electrons. The molecule has 2 aliphatic heterocycles. The average Bonchev–Trinajstić information content (AvgIpc) is 2.70. The number of amides is 3. The third-order valence-corrected chi connectivity index (χ3v) is 4.61. The van der Waals surface area contributed by atoms with Crippen LogP contribution in [-0.4, -0.2) is 47.8 Å². The number of benzene rings is 1. The Hall–Kier alpha value is -1.92. The molecule has 2 heterocycles. The number of imide groups is 1. The molecule has 2 aliphatic rings. The molecule has 1 aromatic carbocycles. The van der Waals surface area contributed by atoms with Gasteiger partial charge in [-0.3, -0.25) is 19.4 Å². The van der Waals surface area contributed by atoms with E-state index in [9.17, 15) is 14.4 Å². The molecule has 1 spiro atoms. The van der Waals surface area contributed by atoms with E-state index in [1.807, 2.05) is 0 Å². The molecule has 0 radical (unpaired) electrons. The topological polar surface area (TPSA) is 69.7 Å². The van der Waals surface area contributed by atoms with Gasteiger partial charge in [0.2, 0.25) is 0 Å². The van der Waals surface area contributed by atoms with Crippen molar-refractivity contribution in [3.05, 3.63) is 29.8 Å². The van der Waals surface area contributed by atoms with Crippen molar-refractivity contribution in [1.82, 2.24) is 10.2 Å². The fraction of sp³-hybridized carbons (Fsp3) is 0.400. The van der Waals surface area contributed by atoms with Gasteiger partial charge < -0.3 is 5.32 Å². The molecule has 22 heavy (non-hydrogen) atoms. The van der Waals surface area contributed by atoms with Crippen LogP contribution in [0.25, 0.3) is 0 Å². The predicted octanol–water partition coefficient (Wildman–Crippen LogP) is 1.59. The fourth-order valence-electron chi connectivity index (χ4n) is 3.20. The van der Waals surface area contributed by atoms with E-state index in [0.29, 0.717) is 37.2 Å². The van der Waals surface area contributed by atoms with Crippen LogP contribution in [0.4, 0.5) is 10.5 Å². The molecule has 0 atom stereocenters. The van der Waals surface area contributed by atoms with Crippen LogP contribution in [0.3, 0.4) is 0 Å². The number of urea groups is 1. The molecule has 7 heteroatoms. The molecule has 0 aliphatic carbocycles. The third-order valence-electron chi connectivity index (χ3n) is 4.39. The van der Waals surface area contributed by atoms with Crippen LogP contribution >= 0.6 is 11.6 Å². The Bertz CT molecular complexity index is 638. The van der Waals surface area contributed by atoms with Gasteiger partial charge in [0.15, 0.2) is 0 Å². The number of nitrogens with zero attached hydrogens (tertiary/aromatic N) is 2. The first-order valence-electron chi connectivity index (χ1n) is 7.10.